The van der Waals surface area contributed by atoms with Gasteiger partial charge in [-0.1, -0.05) is 165 Å². The third-order valence-electron chi connectivity index (χ3n) is 8.48. The SMILES string of the molecule is CCCCCC/C=C\C/C=C\C/C=C\C/C=C\CCC(=O)OC(COC(=O)CCCCCCCCCCCCCCCC)COP(=O)(O)OCCN. The van der Waals surface area contributed by atoms with Crippen LogP contribution < -0.4 is 5.73 Å². The highest BCUT2D eigenvalue weighted by molar-refractivity contribution is 7.47. The summed E-state index contributed by atoms with van der Waals surface area (Å²) in [4.78, 5) is 34.7. The maximum atomic E-state index is 12.5. The molecule has 0 aliphatic carbocycles. The van der Waals surface area contributed by atoms with Crippen LogP contribution in [0.15, 0.2) is 48.6 Å². The molecule has 0 aromatic carbocycles. The molecule has 9 nitrogen and oxygen atoms in total. The summed E-state index contributed by atoms with van der Waals surface area (Å²) in [6, 6.07) is 0. The third kappa shape index (κ3) is 37.7. The fourth-order valence-corrected chi connectivity index (χ4v) is 6.17. The van der Waals surface area contributed by atoms with Gasteiger partial charge in [-0.05, 0) is 44.9 Å². The lowest BCUT2D eigenvalue weighted by atomic mass is 10.0. The molecule has 0 saturated heterocycles. The first-order valence-electron chi connectivity index (χ1n) is 20.6. The Labute approximate surface area is 317 Å². The molecule has 302 valence electrons. The van der Waals surface area contributed by atoms with E-state index in [1.54, 1.807) is 0 Å². The monoisotopic (exact) mass is 754 g/mol. The van der Waals surface area contributed by atoms with Gasteiger partial charge in [-0.3, -0.25) is 18.6 Å². The van der Waals surface area contributed by atoms with E-state index < -0.39 is 32.5 Å². The summed E-state index contributed by atoms with van der Waals surface area (Å²) in [7, 11) is -4.39. The van der Waals surface area contributed by atoms with Gasteiger partial charge in [0.25, 0.3) is 0 Å². The molecule has 0 fully saturated rings. The second kappa shape index (κ2) is 38.7. The number of carbonyl (C=O) groups is 2. The van der Waals surface area contributed by atoms with Crippen molar-refractivity contribution >= 4 is 19.8 Å². The molecule has 52 heavy (non-hydrogen) atoms. The topological polar surface area (TPSA) is 134 Å². The molecular formula is C42H76NO8P. The number of hydrogen-bond acceptors (Lipinski definition) is 8. The average molecular weight is 754 g/mol. The predicted octanol–water partition coefficient (Wildman–Crippen LogP) is 11.6. The van der Waals surface area contributed by atoms with Gasteiger partial charge < -0.3 is 20.1 Å². The molecule has 0 bridgehead atoms. The van der Waals surface area contributed by atoms with Crippen LogP contribution in [0, 0.1) is 0 Å². The summed E-state index contributed by atoms with van der Waals surface area (Å²) >= 11 is 0. The van der Waals surface area contributed by atoms with Gasteiger partial charge in [0, 0.05) is 19.4 Å². The Morgan fingerprint density at radius 1 is 0.577 bits per heavy atom. The Balaban J connectivity index is 4.30. The van der Waals surface area contributed by atoms with Crippen molar-refractivity contribution in [2.75, 3.05) is 26.4 Å². The van der Waals surface area contributed by atoms with E-state index in [0.717, 1.165) is 38.5 Å². The highest BCUT2D eigenvalue weighted by Gasteiger charge is 2.25. The van der Waals surface area contributed by atoms with Crippen LogP contribution in [0.5, 0.6) is 0 Å². The second-order valence-electron chi connectivity index (χ2n) is 13.5. The van der Waals surface area contributed by atoms with Crippen molar-refractivity contribution in [2.24, 2.45) is 5.73 Å². The Kier molecular flexibility index (Phi) is 37.2. The van der Waals surface area contributed by atoms with Gasteiger partial charge in [0.15, 0.2) is 6.10 Å². The van der Waals surface area contributed by atoms with Crippen LogP contribution in [0.2, 0.25) is 0 Å². The van der Waals surface area contributed by atoms with E-state index in [1.165, 1.54) is 103 Å². The van der Waals surface area contributed by atoms with Crippen molar-refractivity contribution in [3.8, 4) is 0 Å². The Bertz CT molecular complexity index is 996. The van der Waals surface area contributed by atoms with Crippen LogP contribution in [-0.4, -0.2) is 49.3 Å². The average Bonchev–Trinajstić information content (AvgIpc) is 3.13. The number of allylic oxidation sites excluding steroid dienone is 8. The zero-order valence-corrected chi connectivity index (χ0v) is 33.9. The van der Waals surface area contributed by atoms with Crippen molar-refractivity contribution in [3.63, 3.8) is 0 Å². The molecule has 0 rings (SSSR count). The van der Waals surface area contributed by atoms with Crippen molar-refractivity contribution in [2.45, 2.75) is 180 Å². The quantitative estimate of drug-likeness (QED) is 0.0273. The minimum atomic E-state index is -4.39. The number of phosphoric ester groups is 1. The fourth-order valence-electron chi connectivity index (χ4n) is 5.40. The molecule has 0 aromatic rings. The molecule has 0 saturated carbocycles. The number of esters is 2. The van der Waals surface area contributed by atoms with Gasteiger partial charge in [-0.2, -0.15) is 0 Å². The third-order valence-corrected chi connectivity index (χ3v) is 9.47. The van der Waals surface area contributed by atoms with Crippen molar-refractivity contribution in [3.05, 3.63) is 48.6 Å². The van der Waals surface area contributed by atoms with Gasteiger partial charge in [0.1, 0.15) is 6.61 Å². The van der Waals surface area contributed by atoms with E-state index >= 15 is 0 Å². The van der Waals surface area contributed by atoms with Gasteiger partial charge in [0.2, 0.25) is 0 Å². The standard InChI is InChI=1S/C42H76NO8P/c1-3-5-7-9-11-13-15-17-19-20-21-23-25-27-29-31-33-35-42(45)51-40(39-50-52(46,47)49-37-36-43)38-48-41(44)34-32-30-28-26-24-22-18-16-14-12-10-8-6-4-2/h13,15,19-20,23,25,29,31,40H,3-12,14,16-18,21-22,24,26-28,30,32-39,43H2,1-2H3,(H,46,47)/b15-13-,20-19-,25-23-,31-29-. The number of carbonyl (C=O) groups excluding carboxylic acids is 2. The van der Waals surface area contributed by atoms with Crippen molar-refractivity contribution < 1.29 is 37.6 Å². The lowest BCUT2D eigenvalue weighted by Gasteiger charge is -2.19. The zero-order valence-electron chi connectivity index (χ0n) is 33.0. The Hall–Kier alpha value is -2.03. The van der Waals surface area contributed by atoms with Crippen LogP contribution in [0.3, 0.4) is 0 Å². The first kappa shape index (κ1) is 50.0. The summed E-state index contributed by atoms with van der Waals surface area (Å²) < 4.78 is 32.6. The van der Waals surface area contributed by atoms with E-state index in [9.17, 15) is 19.0 Å². The molecule has 2 atom stereocenters. The van der Waals surface area contributed by atoms with Gasteiger partial charge >= 0.3 is 19.8 Å². The molecule has 0 aromatic heterocycles. The van der Waals surface area contributed by atoms with Gasteiger partial charge in [0.05, 0.1) is 13.2 Å². The molecular weight excluding hydrogens is 677 g/mol. The van der Waals surface area contributed by atoms with Crippen LogP contribution in [0.25, 0.3) is 0 Å². The molecule has 0 aliphatic heterocycles. The lowest BCUT2D eigenvalue weighted by Crippen LogP contribution is -2.29. The molecule has 0 aliphatic rings. The number of rotatable bonds is 38. The minimum absolute atomic E-state index is 0.0424. The van der Waals surface area contributed by atoms with Crippen molar-refractivity contribution in [1.82, 2.24) is 0 Å². The highest BCUT2D eigenvalue weighted by Crippen LogP contribution is 2.43. The summed E-state index contributed by atoms with van der Waals surface area (Å²) in [5, 5.41) is 0. The number of unbranched alkanes of at least 4 members (excludes halogenated alkanes) is 17. The van der Waals surface area contributed by atoms with Gasteiger partial charge in [-0.25, -0.2) is 4.57 Å². The number of hydrogen-bond donors (Lipinski definition) is 2. The second-order valence-corrected chi connectivity index (χ2v) is 15.0. The summed E-state index contributed by atoms with van der Waals surface area (Å²) in [5.41, 5.74) is 5.33. The highest BCUT2D eigenvalue weighted by atomic mass is 31.2. The molecule has 10 heteroatoms. The van der Waals surface area contributed by atoms with E-state index in [1.807, 2.05) is 12.2 Å². The summed E-state index contributed by atoms with van der Waals surface area (Å²) in [5.74, 6) is -0.921. The number of ether oxygens (including phenoxy) is 2. The maximum Gasteiger partial charge on any atom is 0.472 e. The summed E-state index contributed by atoms with van der Waals surface area (Å²) in [6.45, 7) is 3.63. The molecule has 0 radical (unpaired) electrons. The van der Waals surface area contributed by atoms with Crippen LogP contribution >= 0.6 is 7.82 Å². The van der Waals surface area contributed by atoms with E-state index in [0.29, 0.717) is 6.42 Å². The normalized spacial score (nSPS) is 13.8. The molecule has 0 amide bonds. The lowest BCUT2D eigenvalue weighted by molar-refractivity contribution is -0.161. The Morgan fingerprint density at radius 3 is 1.56 bits per heavy atom. The smallest absolute Gasteiger partial charge is 0.462 e. The summed E-state index contributed by atoms with van der Waals surface area (Å²) in [6.07, 6.45) is 43.0. The van der Waals surface area contributed by atoms with E-state index in [4.69, 9.17) is 24.3 Å². The van der Waals surface area contributed by atoms with Crippen LogP contribution in [0.1, 0.15) is 174 Å². The van der Waals surface area contributed by atoms with Gasteiger partial charge in [-0.15, -0.1) is 0 Å². The van der Waals surface area contributed by atoms with Crippen molar-refractivity contribution in [1.29, 1.82) is 0 Å². The Morgan fingerprint density at radius 2 is 1.04 bits per heavy atom. The first-order chi connectivity index (χ1) is 25.3. The molecule has 0 spiro atoms. The number of nitrogens with two attached hydrogens (primary N) is 1. The first-order valence-corrected chi connectivity index (χ1v) is 22.1. The van der Waals surface area contributed by atoms with Crippen LogP contribution in [-0.2, 0) is 32.7 Å². The van der Waals surface area contributed by atoms with E-state index in [2.05, 4.69) is 50.3 Å². The largest absolute Gasteiger partial charge is 0.472 e. The van der Waals surface area contributed by atoms with E-state index in [-0.39, 0.29) is 32.6 Å². The fraction of sp³-hybridized carbons (Fsp3) is 0.762. The predicted molar refractivity (Wildman–Crippen MR) is 215 cm³/mol. The molecule has 2 unspecified atom stereocenters. The molecule has 0 heterocycles. The minimum Gasteiger partial charge on any atom is -0.462 e. The molecule has 3 N–H and O–H groups in total. The van der Waals surface area contributed by atoms with Crippen LogP contribution in [0.4, 0.5) is 0 Å². The number of phosphoric acid groups is 1. The zero-order chi connectivity index (χ0) is 38.2. The maximum absolute atomic E-state index is 12.5.